The number of nitrogens with one attached hydrogen (secondary N) is 1. The average molecular weight is 282 g/mol. The van der Waals surface area contributed by atoms with Crippen molar-refractivity contribution in [1.29, 1.82) is 0 Å². The molecule has 2 aromatic heterocycles. The number of halogens is 1. The minimum absolute atomic E-state index is 0.0438. The zero-order valence-corrected chi connectivity index (χ0v) is 11.4. The SMILES string of the molecule is Cc1c(N2CC(Cl)CC2=O)n[nH]c1-c1cccs1. The Balaban J connectivity index is 1.98. The molecule has 1 N–H and O–H groups in total. The van der Waals surface area contributed by atoms with Crippen molar-refractivity contribution in [3.05, 3.63) is 23.1 Å². The summed E-state index contributed by atoms with van der Waals surface area (Å²) in [7, 11) is 0. The number of nitrogens with zero attached hydrogens (tertiary/aromatic N) is 2. The molecule has 1 saturated heterocycles. The number of thiophene rings is 1. The van der Waals surface area contributed by atoms with Crippen LogP contribution in [-0.4, -0.2) is 28.0 Å². The fourth-order valence-corrected chi connectivity index (χ4v) is 3.23. The van der Waals surface area contributed by atoms with Crippen molar-refractivity contribution in [2.45, 2.75) is 18.7 Å². The highest BCUT2D eigenvalue weighted by Crippen LogP contribution is 2.33. The van der Waals surface area contributed by atoms with Crippen molar-refractivity contribution in [2.24, 2.45) is 0 Å². The number of alkyl halides is 1. The molecule has 1 aliphatic rings. The van der Waals surface area contributed by atoms with E-state index in [-0.39, 0.29) is 11.3 Å². The van der Waals surface area contributed by atoms with Crippen molar-refractivity contribution in [3.8, 4) is 10.6 Å². The Kier molecular flexibility index (Phi) is 2.87. The minimum Gasteiger partial charge on any atom is -0.294 e. The van der Waals surface area contributed by atoms with Crippen molar-refractivity contribution in [2.75, 3.05) is 11.4 Å². The Morgan fingerprint density at radius 2 is 2.44 bits per heavy atom. The average Bonchev–Trinajstić information content (AvgIpc) is 2.99. The van der Waals surface area contributed by atoms with Crippen LogP contribution in [0.15, 0.2) is 17.5 Å². The molecule has 2 aromatic rings. The lowest BCUT2D eigenvalue weighted by atomic mass is 10.2. The van der Waals surface area contributed by atoms with Crippen molar-refractivity contribution in [3.63, 3.8) is 0 Å². The van der Waals surface area contributed by atoms with Gasteiger partial charge in [-0.2, -0.15) is 5.10 Å². The van der Waals surface area contributed by atoms with Gasteiger partial charge in [-0.05, 0) is 18.4 Å². The number of H-pyrrole nitrogens is 1. The van der Waals surface area contributed by atoms with Gasteiger partial charge in [0, 0.05) is 18.5 Å². The number of rotatable bonds is 2. The molecule has 18 heavy (non-hydrogen) atoms. The summed E-state index contributed by atoms with van der Waals surface area (Å²) in [6.07, 6.45) is 0.391. The van der Waals surface area contributed by atoms with E-state index in [9.17, 15) is 4.79 Å². The molecule has 0 bridgehead atoms. The molecule has 0 saturated carbocycles. The maximum Gasteiger partial charge on any atom is 0.229 e. The topological polar surface area (TPSA) is 49.0 Å². The Labute approximate surface area is 114 Å². The summed E-state index contributed by atoms with van der Waals surface area (Å²) in [4.78, 5) is 14.6. The highest BCUT2D eigenvalue weighted by Gasteiger charge is 2.32. The van der Waals surface area contributed by atoms with Crippen molar-refractivity contribution in [1.82, 2.24) is 10.2 Å². The van der Waals surface area contributed by atoms with Gasteiger partial charge in [0.05, 0.1) is 15.9 Å². The summed E-state index contributed by atoms with van der Waals surface area (Å²) in [5.74, 6) is 0.744. The van der Waals surface area contributed by atoms with Gasteiger partial charge in [0.15, 0.2) is 5.82 Å². The Hall–Kier alpha value is -1.33. The molecule has 0 aliphatic carbocycles. The second kappa shape index (κ2) is 4.40. The molecule has 0 spiro atoms. The highest BCUT2D eigenvalue weighted by atomic mass is 35.5. The molecule has 6 heteroatoms. The molecule has 1 atom stereocenters. The summed E-state index contributed by atoms with van der Waals surface area (Å²) in [6.45, 7) is 2.51. The maximum atomic E-state index is 11.8. The number of aromatic amines is 1. The molecule has 0 radical (unpaired) electrons. The highest BCUT2D eigenvalue weighted by molar-refractivity contribution is 7.13. The summed E-state index contributed by atoms with van der Waals surface area (Å²) in [5, 5.41) is 9.19. The second-order valence-corrected chi connectivity index (χ2v) is 5.90. The van der Waals surface area contributed by atoms with Gasteiger partial charge in [-0.25, -0.2) is 0 Å². The van der Waals surface area contributed by atoms with Crippen LogP contribution in [0.2, 0.25) is 0 Å². The predicted octanol–water partition coefficient (Wildman–Crippen LogP) is 2.79. The lowest BCUT2D eigenvalue weighted by Gasteiger charge is -2.13. The van der Waals surface area contributed by atoms with Gasteiger partial charge in [0.1, 0.15) is 0 Å². The molecular weight excluding hydrogens is 270 g/mol. The molecule has 0 aromatic carbocycles. The molecular formula is C12H12ClN3OS. The first-order chi connectivity index (χ1) is 8.66. The van der Waals surface area contributed by atoms with E-state index in [1.165, 1.54) is 0 Å². The van der Waals surface area contributed by atoms with E-state index in [4.69, 9.17) is 11.6 Å². The molecule has 1 amide bonds. The Morgan fingerprint density at radius 3 is 3.06 bits per heavy atom. The summed E-state index contributed by atoms with van der Waals surface area (Å²) >= 11 is 7.66. The van der Waals surface area contributed by atoms with Crippen LogP contribution in [0.5, 0.6) is 0 Å². The number of aromatic nitrogens is 2. The van der Waals surface area contributed by atoms with Crippen LogP contribution in [0.1, 0.15) is 12.0 Å². The Bertz CT molecular complexity index is 578. The number of hydrogen-bond donors (Lipinski definition) is 1. The van der Waals surface area contributed by atoms with E-state index in [2.05, 4.69) is 10.2 Å². The first-order valence-electron chi connectivity index (χ1n) is 5.70. The summed E-state index contributed by atoms with van der Waals surface area (Å²) in [5.41, 5.74) is 1.97. The third-order valence-corrected chi connectivity index (χ3v) is 4.26. The van der Waals surface area contributed by atoms with Crippen LogP contribution < -0.4 is 4.90 Å². The first kappa shape index (κ1) is 11.7. The smallest absolute Gasteiger partial charge is 0.229 e. The number of carbonyl (C=O) groups is 1. The molecule has 3 rings (SSSR count). The molecule has 94 valence electrons. The Morgan fingerprint density at radius 1 is 1.61 bits per heavy atom. The second-order valence-electron chi connectivity index (χ2n) is 4.33. The summed E-state index contributed by atoms with van der Waals surface area (Å²) < 4.78 is 0. The quantitative estimate of drug-likeness (QED) is 0.861. The van der Waals surface area contributed by atoms with E-state index >= 15 is 0 Å². The minimum atomic E-state index is -0.112. The summed E-state index contributed by atoms with van der Waals surface area (Å²) in [6, 6.07) is 4.03. The predicted molar refractivity (Wildman–Crippen MR) is 73.2 cm³/mol. The number of hydrogen-bond acceptors (Lipinski definition) is 3. The molecule has 1 aliphatic heterocycles. The third kappa shape index (κ3) is 1.83. The number of anilines is 1. The normalized spacial score (nSPS) is 19.8. The van der Waals surface area contributed by atoms with Gasteiger partial charge in [0.25, 0.3) is 0 Å². The largest absolute Gasteiger partial charge is 0.294 e. The van der Waals surface area contributed by atoms with E-state index in [1.807, 2.05) is 24.4 Å². The fraction of sp³-hybridized carbons (Fsp3) is 0.333. The van der Waals surface area contributed by atoms with Crippen molar-refractivity contribution < 1.29 is 4.79 Å². The van der Waals surface area contributed by atoms with E-state index in [0.29, 0.717) is 18.8 Å². The van der Waals surface area contributed by atoms with Gasteiger partial charge in [-0.1, -0.05) is 6.07 Å². The zero-order valence-electron chi connectivity index (χ0n) is 9.81. The third-order valence-electron chi connectivity index (χ3n) is 3.09. The molecule has 4 nitrogen and oxygen atoms in total. The van der Waals surface area contributed by atoms with Crippen LogP contribution in [0.25, 0.3) is 10.6 Å². The number of amides is 1. The van der Waals surface area contributed by atoms with Gasteiger partial charge in [0.2, 0.25) is 5.91 Å². The van der Waals surface area contributed by atoms with Crippen LogP contribution >= 0.6 is 22.9 Å². The van der Waals surface area contributed by atoms with E-state index in [0.717, 1.165) is 16.1 Å². The standard InChI is InChI=1S/C12H12ClN3OS/c1-7-11(9-3-2-4-18-9)14-15-12(7)16-6-8(13)5-10(16)17/h2-4,8H,5-6H2,1H3,(H,14,15). The van der Waals surface area contributed by atoms with Gasteiger partial charge in [-0.3, -0.25) is 14.8 Å². The monoisotopic (exact) mass is 281 g/mol. The molecule has 3 heterocycles. The first-order valence-corrected chi connectivity index (χ1v) is 7.01. The van der Waals surface area contributed by atoms with Crippen molar-refractivity contribution >= 4 is 34.7 Å². The fourth-order valence-electron chi connectivity index (χ4n) is 2.18. The lowest BCUT2D eigenvalue weighted by Crippen LogP contribution is -2.25. The maximum absolute atomic E-state index is 11.8. The number of carbonyl (C=O) groups excluding carboxylic acids is 1. The van der Waals surface area contributed by atoms with Crippen LogP contribution in [-0.2, 0) is 4.79 Å². The van der Waals surface area contributed by atoms with E-state index in [1.54, 1.807) is 16.2 Å². The van der Waals surface area contributed by atoms with Crippen LogP contribution in [0.4, 0.5) is 5.82 Å². The molecule has 1 unspecified atom stereocenters. The molecule has 1 fully saturated rings. The van der Waals surface area contributed by atoms with Gasteiger partial charge in [-0.15, -0.1) is 22.9 Å². The lowest BCUT2D eigenvalue weighted by molar-refractivity contribution is -0.117. The zero-order chi connectivity index (χ0) is 12.7. The van der Waals surface area contributed by atoms with E-state index < -0.39 is 0 Å². The van der Waals surface area contributed by atoms with Gasteiger partial charge >= 0.3 is 0 Å². The van der Waals surface area contributed by atoms with Crippen LogP contribution in [0.3, 0.4) is 0 Å². The van der Waals surface area contributed by atoms with Crippen LogP contribution in [0, 0.1) is 6.92 Å². The van der Waals surface area contributed by atoms with Gasteiger partial charge < -0.3 is 0 Å².